The highest BCUT2D eigenvalue weighted by molar-refractivity contribution is 7.13. The van der Waals surface area contributed by atoms with Gasteiger partial charge in [-0.2, -0.15) is 0 Å². The van der Waals surface area contributed by atoms with Gasteiger partial charge in [-0.25, -0.2) is 4.98 Å². The number of anilines is 2. The van der Waals surface area contributed by atoms with Crippen molar-refractivity contribution >= 4 is 28.2 Å². The first-order valence-electron chi connectivity index (χ1n) is 9.99. The Morgan fingerprint density at radius 3 is 2.87 bits per heavy atom. The van der Waals surface area contributed by atoms with Gasteiger partial charge < -0.3 is 15.0 Å². The second-order valence-electron chi connectivity index (χ2n) is 7.90. The van der Waals surface area contributed by atoms with Crippen molar-refractivity contribution in [2.24, 2.45) is 0 Å². The first kappa shape index (κ1) is 20.3. The summed E-state index contributed by atoms with van der Waals surface area (Å²) in [6.45, 7) is 6.36. The molecule has 1 N–H and O–H groups in total. The summed E-state index contributed by atoms with van der Waals surface area (Å²) in [4.78, 5) is 20.1. The smallest absolute Gasteiger partial charge is 0.266 e. The van der Waals surface area contributed by atoms with Crippen LogP contribution in [-0.4, -0.2) is 38.1 Å². The van der Waals surface area contributed by atoms with E-state index in [2.05, 4.69) is 15.5 Å². The largest absolute Gasteiger partial charge is 0.478 e. The molecule has 1 fully saturated rings. The second kappa shape index (κ2) is 8.39. The number of likely N-dealkylation sites (tertiary alicyclic amines) is 1. The number of benzene rings is 1. The molecule has 1 saturated heterocycles. The van der Waals surface area contributed by atoms with Crippen LogP contribution in [0.5, 0.6) is 5.75 Å². The minimum absolute atomic E-state index is 0.0317. The summed E-state index contributed by atoms with van der Waals surface area (Å²) in [5.74, 6) is 1.36. The van der Waals surface area contributed by atoms with E-state index in [0.29, 0.717) is 23.2 Å². The third-order valence-electron chi connectivity index (χ3n) is 5.10. The molecule has 2 aromatic heterocycles. The normalized spacial score (nSPS) is 16.5. The molecule has 1 atom stereocenters. The molecule has 1 aliphatic heterocycles. The molecule has 156 valence electrons. The number of carbonyl (C=O) groups is 1. The molecule has 0 bridgehead atoms. The van der Waals surface area contributed by atoms with Crippen molar-refractivity contribution < 1.29 is 9.53 Å². The lowest BCUT2D eigenvalue weighted by molar-refractivity contribution is -0.146. The van der Waals surface area contributed by atoms with Crippen LogP contribution < -0.4 is 10.1 Å². The maximum atomic E-state index is 13.4. The summed E-state index contributed by atoms with van der Waals surface area (Å²) in [7, 11) is 0. The Bertz CT molecular complexity index is 1020. The van der Waals surface area contributed by atoms with Crippen molar-refractivity contribution in [1.29, 1.82) is 0 Å². The lowest BCUT2D eigenvalue weighted by Gasteiger charge is -2.33. The molecule has 0 aliphatic carbocycles. The maximum absolute atomic E-state index is 13.4. The van der Waals surface area contributed by atoms with Crippen molar-refractivity contribution in [2.75, 3.05) is 11.9 Å². The third-order valence-corrected chi connectivity index (χ3v) is 5.70. The molecule has 0 saturated carbocycles. The van der Waals surface area contributed by atoms with Gasteiger partial charge in [0.25, 0.3) is 5.91 Å². The number of ether oxygens (including phenoxy) is 1. The van der Waals surface area contributed by atoms with Gasteiger partial charge in [0.1, 0.15) is 17.1 Å². The molecule has 3 heterocycles. The Morgan fingerprint density at radius 2 is 2.10 bits per heavy atom. The van der Waals surface area contributed by atoms with Crippen molar-refractivity contribution in [1.82, 2.24) is 20.1 Å². The average Bonchev–Trinajstić information content (AvgIpc) is 3.39. The van der Waals surface area contributed by atoms with Crippen molar-refractivity contribution in [3.05, 3.63) is 59.2 Å². The van der Waals surface area contributed by atoms with Crippen LogP contribution in [0.4, 0.5) is 10.9 Å². The minimum Gasteiger partial charge on any atom is -0.478 e. The van der Waals surface area contributed by atoms with E-state index >= 15 is 0 Å². The SMILES string of the molecule is Cc1cccc(OC(C)(C)C(=O)N2CCC[C@@H]2c2cccc(Nc3nncs3)n2)c1. The van der Waals surface area contributed by atoms with Crippen LogP contribution in [0.15, 0.2) is 48.0 Å². The molecule has 0 spiro atoms. The predicted octanol–water partition coefficient (Wildman–Crippen LogP) is 4.51. The van der Waals surface area contributed by atoms with Gasteiger partial charge in [0.15, 0.2) is 5.60 Å². The van der Waals surface area contributed by atoms with Gasteiger partial charge in [-0.05, 0) is 63.4 Å². The van der Waals surface area contributed by atoms with E-state index in [0.717, 1.165) is 24.1 Å². The monoisotopic (exact) mass is 423 g/mol. The van der Waals surface area contributed by atoms with Gasteiger partial charge in [-0.1, -0.05) is 29.5 Å². The summed E-state index contributed by atoms with van der Waals surface area (Å²) in [5, 5.41) is 11.7. The maximum Gasteiger partial charge on any atom is 0.266 e. The Morgan fingerprint density at radius 1 is 1.27 bits per heavy atom. The fourth-order valence-electron chi connectivity index (χ4n) is 3.72. The van der Waals surface area contributed by atoms with Gasteiger partial charge >= 0.3 is 0 Å². The number of aromatic nitrogens is 3. The third kappa shape index (κ3) is 4.43. The zero-order valence-electron chi connectivity index (χ0n) is 17.3. The number of hydrogen-bond donors (Lipinski definition) is 1. The van der Waals surface area contributed by atoms with Crippen molar-refractivity contribution in [2.45, 2.75) is 45.3 Å². The Balaban J connectivity index is 1.52. The van der Waals surface area contributed by atoms with E-state index in [1.807, 2.05) is 68.1 Å². The number of aryl methyl sites for hydroxylation is 1. The molecule has 0 radical (unpaired) electrons. The van der Waals surface area contributed by atoms with Crippen LogP contribution in [0, 0.1) is 6.92 Å². The molecule has 4 rings (SSSR count). The number of pyridine rings is 1. The molecule has 1 aromatic carbocycles. The van der Waals surface area contributed by atoms with E-state index in [1.165, 1.54) is 11.3 Å². The molecule has 7 nitrogen and oxygen atoms in total. The van der Waals surface area contributed by atoms with Crippen LogP contribution in [0.3, 0.4) is 0 Å². The van der Waals surface area contributed by atoms with Crippen molar-refractivity contribution in [3.63, 3.8) is 0 Å². The number of amides is 1. The molecule has 30 heavy (non-hydrogen) atoms. The van der Waals surface area contributed by atoms with Crippen LogP contribution in [-0.2, 0) is 4.79 Å². The highest BCUT2D eigenvalue weighted by Crippen LogP contribution is 2.34. The second-order valence-corrected chi connectivity index (χ2v) is 8.74. The molecule has 0 unspecified atom stereocenters. The Labute approximate surface area is 180 Å². The number of carbonyl (C=O) groups excluding carboxylic acids is 1. The molecule has 1 amide bonds. The zero-order chi connectivity index (χ0) is 21.1. The van der Waals surface area contributed by atoms with E-state index in [9.17, 15) is 4.79 Å². The highest BCUT2D eigenvalue weighted by atomic mass is 32.1. The number of rotatable bonds is 6. The standard InChI is InChI=1S/C22H25N5O2S/c1-15-7-4-8-16(13-15)29-22(2,3)20(28)27-12-6-10-18(27)17-9-5-11-19(24-17)25-21-26-23-14-30-21/h4-5,7-9,11,13-14,18H,6,10,12H2,1-3H3,(H,24,25,26)/t18-/m1/s1. The minimum atomic E-state index is -0.973. The summed E-state index contributed by atoms with van der Waals surface area (Å²) in [5.41, 5.74) is 2.65. The van der Waals surface area contributed by atoms with Gasteiger partial charge in [0.2, 0.25) is 5.13 Å². The van der Waals surface area contributed by atoms with E-state index in [1.54, 1.807) is 5.51 Å². The van der Waals surface area contributed by atoms with E-state index < -0.39 is 5.60 Å². The Kier molecular flexibility index (Phi) is 5.67. The van der Waals surface area contributed by atoms with Gasteiger partial charge in [0.05, 0.1) is 11.7 Å². The quantitative estimate of drug-likeness (QED) is 0.628. The Hall–Kier alpha value is -3.00. The van der Waals surface area contributed by atoms with Gasteiger partial charge in [-0.15, -0.1) is 10.2 Å². The number of hydrogen-bond acceptors (Lipinski definition) is 7. The lowest BCUT2D eigenvalue weighted by atomic mass is 10.0. The zero-order valence-corrected chi connectivity index (χ0v) is 18.1. The van der Waals surface area contributed by atoms with Gasteiger partial charge in [-0.3, -0.25) is 4.79 Å². The van der Waals surface area contributed by atoms with E-state index in [4.69, 9.17) is 9.72 Å². The van der Waals surface area contributed by atoms with Crippen LogP contribution in [0.25, 0.3) is 0 Å². The van der Waals surface area contributed by atoms with Crippen molar-refractivity contribution in [3.8, 4) is 5.75 Å². The van der Waals surface area contributed by atoms with E-state index in [-0.39, 0.29) is 11.9 Å². The molecule has 8 heteroatoms. The summed E-state index contributed by atoms with van der Waals surface area (Å²) in [6.07, 6.45) is 1.81. The van der Waals surface area contributed by atoms with Crippen LogP contribution in [0.1, 0.15) is 44.0 Å². The predicted molar refractivity (Wildman–Crippen MR) is 117 cm³/mol. The summed E-state index contributed by atoms with van der Waals surface area (Å²) in [6, 6.07) is 13.5. The summed E-state index contributed by atoms with van der Waals surface area (Å²) < 4.78 is 6.10. The molecular weight excluding hydrogens is 398 g/mol. The first-order valence-corrected chi connectivity index (χ1v) is 10.9. The molecular formula is C22H25N5O2S. The van der Waals surface area contributed by atoms with Crippen LogP contribution >= 0.6 is 11.3 Å². The average molecular weight is 424 g/mol. The van der Waals surface area contributed by atoms with Crippen LogP contribution in [0.2, 0.25) is 0 Å². The van der Waals surface area contributed by atoms with Gasteiger partial charge in [0, 0.05) is 6.54 Å². The lowest BCUT2D eigenvalue weighted by Crippen LogP contribution is -2.48. The molecule has 1 aliphatic rings. The number of nitrogens with one attached hydrogen (secondary N) is 1. The fraction of sp³-hybridized carbons (Fsp3) is 0.364. The first-order chi connectivity index (χ1) is 14.4. The fourth-order valence-corrected chi connectivity index (χ4v) is 4.18. The molecule has 3 aromatic rings. The number of nitrogens with zero attached hydrogens (tertiary/aromatic N) is 4. The topological polar surface area (TPSA) is 80.2 Å². The summed E-state index contributed by atoms with van der Waals surface area (Å²) >= 11 is 1.41. The highest BCUT2D eigenvalue weighted by Gasteiger charge is 2.40.